The molecule has 152 valence electrons. The van der Waals surface area contributed by atoms with E-state index in [0.29, 0.717) is 12.3 Å². The number of aliphatic carboxylic acids is 1. The summed E-state index contributed by atoms with van der Waals surface area (Å²) < 4.78 is 5.54. The molecule has 0 saturated heterocycles. The van der Waals surface area contributed by atoms with Crippen LogP contribution in [0.25, 0.3) is 10.6 Å². The van der Waals surface area contributed by atoms with Gasteiger partial charge in [-0.2, -0.15) is 0 Å². The van der Waals surface area contributed by atoms with Crippen molar-refractivity contribution in [3.05, 3.63) is 64.7 Å². The highest BCUT2D eigenvalue weighted by Gasteiger charge is 2.29. The Balaban J connectivity index is 1.57. The lowest BCUT2D eigenvalue weighted by molar-refractivity contribution is -0.152. The van der Waals surface area contributed by atoms with Gasteiger partial charge < -0.3 is 9.84 Å². The van der Waals surface area contributed by atoms with Crippen molar-refractivity contribution in [2.45, 2.75) is 39.5 Å². The Labute approximate surface area is 174 Å². The molecule has 1 aromatic heterocycles. The number of aryl methyl sites for hydroxylation is 1. The van der Waals surface area contributed by atoms with E-state index in [9.17, 15) is 4.79 Å². The van der Waals surface area contributed by atoms with Gasteiger partial charge in [-0.1, -0.05) is 53.3 Å². The summed E-state index contributed by atoms with van der Waals surface area (Å²) in [6, 6.07) is 15.8. The molecular weight excluding hydrogens is 386 g/mol. The zero-order valence-corrected chi connectivity index (χ0v) is 17.9. The van der Waals surface area contributed by atoms with Crippen LogP contribution in [0.1, 0.15) is 30.0 Å². The molecule has 0 amide bonds. The van der Waals surface area contributed by atoms with Crippen LogP contribution in [-0.4, -0.2) is 38.8 Å². The van der Waals surface area contributed by atoms with E-state index in [2.05, 4.69) is 46.3 Å². The van der Waals surface area contributed by atoms with E-state index in [0.717, 1.165) is 27.7 Å². The first-order chi connectivity index (χ1) is 13.7. The van der Waals surface area contributed by atoms with Gasteiger partial charge in [-0.3, -0.25) is 4.90 Å². The van der Waals surface area contributed by atoms with Gasteiger partial charge in [0.25, 0.3) is 0 Å². The Bertz CT molecular complexity index is 966. The fourth-order valence-electron chi connectivity index (χ4n) is 2.73. The number of aromatic nitrogens is 2. The van der Waals surface area contributed by atoms with Crippen LogP contribution in [0.4, 0.5) is 0 Å². The lowest BCUT2D eigenvalue weighted by Gasteiger charge is -2.22. The smallest absolute Gasteiger partial charge is 0.347 e. The number of carbonyl (C=O) groups is 1. The number of hydrogen-bond acceptors (Lipinski definition) is 6. The zero-order valence-electron chi connectivity index (χ0n) is 17.0. The highest BCUT2D eigenvalue weighted by Crippen LogP contribution is 2.25. The highest BCUT2D eigenvalue weighted by molar-refractivity contribution is 7.14. The fourth-order valence-corrected chi connectivity index (χ4v) is 3.66. The topological polar surface area (TPSA) is 75.5 Å². The van der Waals surface area contributed by atoms with Crippen molar-refractivity contribution in [1.29, 1.82) is 0 Å². The van der Waals surface area contributed by atoms with Crippen molar-refractivity contribution < 1.29 is 14.6 Å². The molecule has 6 nitrogen and oxygen atoms in total. The van der Waals surface area contributed by atoms with E-state index in [4.69, 9.17) is 9.84 Å². The Kier molecular flexibility index (Phi) is 6.30. The summed E-state index contributed by atoms with van der Waals surface area (Å²) in [7, 11) is 2.03. The molecule has 0 saturated carbocycles. The van der Waals surface area contributed by atoms with Crippen molar-refractivity contribution in [1.82, 2.24) is 15.1 Å². The van der Waals surface area contributed by atoms with E-state index < -0.39 is 11.6 Å². The summed E-state index contributed by atoms with van der Waals surface area (Å²) in [5, 5.41) is 19.7. The Morgan fingerprint density at radius 3 is 2.34 bits per heavy atom. The molecule has 0 radical (unpaired) electrons. The molecule has 0 aliphatic rings. The molecule has 0 atom stereocenters. The number of carboxylic acids is 1. The van der Waals surface area contributed by atoms with Crippen LogP contribution < -0.4 is 4.74 Å². The van der Waals surface area contributed by atoms with Crippen molar-refractivity contribution >= 4 is 17.3 Å². The third kappa shape index (κ3) is 5.62. The summed E-state index contributed by atoms with van der Waals surface area (Å²) >= 11 is 1.60. The first kappa shape index (κ1) is 21.0. The number of nitrogens with zero attached hydrogens (tertiary/aromatic N) is 3. The number of rotatable bonds is 8. The minimum atomic E-state index is -1.26. The van der Waals surface area contributed by atoms with E-state index in [1.54, 1.807) is 23.5 Å². The Hall–Kier alpha value is -2.77. The maximum Gasteiger partial charge on any atom is 0.347 e. The first-order valence-corrected chi connectivity index (χ1v) is 10.1. The molecule has 0 aliphatic carbocycles. The van der Waals surface area contributed by atoms with Gasteiger partial charge in [0, 0.05) is 12.1 Å². The largest absolute Gasteiger partial charge is 0.478 e. The van der Waals surface area contributed by atoms with Crippen molar-refractivity contribution in [2.75, 3.05) is 7.05 Å². The summed E-state index contributed by atoms with van der Waals surface area (Å²) in [5.74, 6) is -0.459. The predicted octanol–water partition coefficient (Wildman–Crippen LogP) is 4.39. The van der Waals surface area contributed by atoms with Crippen LogP contribution in [0.15, 0.2) is 48.5 Å². The number of hydrogen-bond donors (Lipinski definition) is 1. The number of ether oxygens (including phenoxy) is 1. The van der Waals surface area contributed by atoms with Crippen molar-refractivity contribution in [3.8, 4) is 16.3 Å². The minimum absolute atomic E-state index is 0.538. The molecule has 7 heteroatoms. The molecule has 0 spiro atoms. The third-order valence-corrected chi connectivity index (χ3v) is 5.39. The van der Waals surface area contributed by atoms with E-state index in [1.165, 1.54) is 19.4 Å². The molecule has 2 aromatic carbocycles. The summed E-state index contributed by atoms with van der Waals surface area (Å²) in [5.41, 5.74) is 2.16. The molecule has 3 rings (SSSR count). The average Bonchev–Trinajstić information content (AvgIpc) is 3.12. The van der Waals surface area contributed by atoms with Crippen molar-refractivity contribution in [3.63, 3.8) is 0 Å². The molecule has 0 aliphatic heterocycles. The van der Waals surface area contributed by atoms with E-state index >= 15 is 0 Å². The maximum absolute atomic E-state index is 11.2. The van der Waals surface area contributed by atoms with Crippen LogP contribution in [0.3, 0.4) is 0 Å². The van der Waals surface area contributed by atoms with Gasteiger partial charge in [0.1, 0.15) is 15.8 Å². The molecule has 3 aromatic rings. The Morgan fingerprint density at radius 2 is 1.72 bits per heavy atom. The van der Waals surface area contributed by atoms with Crippen LogP contribution in [-0.2, 0) is 17.9 Å². The van der Waals surface area contributed by atoms with Gasteiger partial charge in [0.15, 0.2) is 5.60 Å². The first-order valence-electron chi connectivity index (χ1n) is 9.32. The van der Waals surface area contributed by atoms with Gasteiger partial charge in [0.2, 0.25) is 0 Å². The van der Waals surface area contributed by atoms with Gasteiger partial charge in [-0.05, 0) is 45.5 Å². The average molecular weight is 412 g/mol. The van der Waals surface area contributed by atoms with Crippen LogP contribution in [0.5, 0.6) is 5.75 Å². The summed E-state index contributed by atoms with van der Waals surface area (Å²) in [6.45, 7) is 6.57. The molecule has 1 heterocycles. The molecule has 1 N–H and O–H groups in total. The standard InChI is InChI=1S/C22H25N3O3S/c1-15-5-9-17(10-6-15)20-24-23-19(29-20)14-25(4)13-16-7-11-18(12-8-16)28-22(2,3)21(26)27/h5-12H,13-14H2,1-4H3,(H,26,27). The lowest BCUT2D eigenvalue weighted by Crippen LogP contribution is -2.37. The molecular formula is C22H25N3O3S. The second-order valence-electron chi connectivity index (χ2n) is 7.60. The number of benzene rings is 2. The molecule has 0 unspecified atom stereocenters. The van der Waals surface area contributed by atoms with Gasteiger partial charge in [-0.25, -0.2) is 4.79 Å². The number of carboxylic acid groups (broad SMARTS) is 1. The molecule has 29 heavy (non-hydrogen) atoms. The monoisotopic (exact) mass is 411 g/mol. The maximum atomic E-state index is 11.2. The summed E-state index contributed by atoms with van der Waals surface area (Å²) in [6.07, 6.45) is 0. The van der Waals surface area contributed by atoms with Crippen molar-refractivity contribution in [2.24, 2.45) is 0 Å². The van der Waals surface area contributed by atoms with Crippen LogP contribution >= 0.6 is 11.3 Å². The van der Waals surface area contributed by atoms with Crippen LogP contribution in [0.2, 0.25) is 0 Å². The normalized spacial score (nSPS) is 11.6. The van der Waals surface area contributed by atoms with Gasteiger partial charge in [-0.15, -0.1) is 10.2 Å². The lowest BCUT2D eigenvalue weighted by atomic mass is 10.1. The molecule has 0 fully saturated rings. The SMILES string of the molecule is Cc1ccc(-c2nnc(CN(C)Cc3ccc(OC(C)(C)C(=O)O)cc3)s2)cc1. The zero-order chi connectivity index (χ0) is 21.0. The quantitative estimate of drug-likeness (QED) is 0.593. The third-order valence-electron chi connectivity index (χ3n) is 4.43. The second kappa shape index (κ2) is 8.71. The summed E-state index contributed by atoms with van der Waals surface area (Å²) in [4.78, 5) is 13.3. The van der Waals surface area contributed by atoms with E-state index in [-0.39, 0.29) is 0 Å². The highest BCUT2D eigenvalue weighted by atomic mass is 32.1. The minimum Gasteiger partial charge on any atom is -0.478 e. The Morgan fingerprint density at radius 1 is 1.07 bits per heavy atom. The van der Waals surface area contributed by atoms with Gasteiger partial charge in [0.05, 0.1) is 6.54 Å². The van der Waals surface area contributed by atoms with Crippen LogP contribution in [0, 0.1) is 6.92 Å². The van der Waals surface area contributed by atoms with Gasteiger partial charge >= 0.3 is 5.97 Å². The molecule has 0 bridgehead atoms. The van der Waals surface area contributed by atoms with E-state index in [1.807, 2.05) is 19.2 Å². The predicted molar refractivity (Wildman–Crippen MR) is 114 cm³/mol. The fraction of sp³-hybridized carbons (Fsp3) is 0.318. The second-order valence-corrected chi connectivity index (χ2v) is 8.66.